The molecule has 0 aromatic heterocycles. The van der Waals surface area contributed by atoms with Crippen LogP contribution >= 0.6 is 0 Å². The number of unbranched alkanes of at least 4 members (excludes halogenated alkanes) is 2. The number of likely N-dealkylation sites (N-methyl/N-ethyl adjacent to an activating group) is 1. The molecule has 0 amide bonds. The van der Waals surface area contributed by atoms with Gasteiger partial charge in [-0.3, -0.25) is 0 Å². The second kappa shape index (κ2) is 7.03. The van der Waals surface area contributed by atoms with E-state index in [9.17, 15) is 5.11 Å². The summed E-state index contributed by atoms with van der Waals surface area (Å²) < 4.78 is 0. The van der Waals surface area contributed by atoms with E-state index in [2.05, 4.69) is 12.2 Å². The molecule has 0 heterocycles. The lowest BCUT2D eigenvalue weighted by atomic mass is 10.1. The zero-order valence-corrected chi connectivity index (χ0v) is 7.06. The number of aliphatic hydroxyl groups is 1. The number of hydrogen-bond acceptors (Lipinski definition) is 2. The van der Waals surface area contributed by atoms with Gasteiger partial charge in [0, 0.05) is 6.54 Å². The number of aliphatic hydroxyl groups excluding tert-OH is 1. The minimum atomic E-state index is -0.142. The fourth-order valence-electron chi connectivity index (χ4n) is 0.968. The normalized spacial score (nSPS) is 13.5. The van der Waals surface area contributed by atoms with Crippen LogP contribution in [-0.2, 0) is 0 Å². The van der Waals surface area contributed by atoms with Crippen LogP contribution in [0.1, 0.15) is 32.6 Å². The number of nitrogens with one attached hydrogen (secondary N) is 1. The quantitative estimate of drug-likeness (QED) is 0.549. The average molecular weight is 145 g/mol. The Hall–Kier alpha value is -0.0800. The molecule has 1 atom stereocenters. The molecule has 2 heteroatoms. The zero-order chi connectivity index (χ0) is 7.82. The topological polar surface area (TPSA) is 32.3 Å². The Bertz CT molecular complexity index is 66.3. The standard InChI is InChI=1S/C8H19NO/c1-3-4-5-6-8(10)7-9-2/h8-10H,3-7H2,1-2H3/t8-/m0/s1. The van der Waals surface area contributed by atoms with Crippen molar-refractivity contribution in [2.24, 2.45) is 0 Å². The lowest BCUT2D eigenvalue weighted by Gasteiger charge is -2.07. The molecule has 0 fully saturated rings. The van der Waals surface area contributed by atoms with E-state index in [-0.39, 0.29) is 6.10 Å². The molecule has 0 aromatic carbocycles. The maximum Gasteiger partial charge on any atom is 0.0664 e. The SMILES string of the molecule is CCCCC[C@H](O)CNC. The molecule has 62 valence electrons. The van der Waals surface area contributed by atoms with Crippen molar-refractivity contribution in [3.8, 4) is 0 Å². The summed E-state index contributed by atoms with van der Waals surface area (Å²) in [5.74, 6) is 0. The Labute approximate surface area is 63.6 Å². The van der Waals surface area contributed by atoms with E-state index in [1.54, 1.807) is 0 Å². The Balaban J connectivity index is 2.97. The van der Waals surface area contributed by atoms with Crippen LogP contribution in [0.15, 0.2) is 0 Å². The van der Waals surface area contributed by atoms with Crippen molar-refractivity contribution in [2.45, 2.75) is 38.7 Å². The van der Waals surface area contributed by atoms with Crippen molar-refractivity contribution in [1.29, 1.82) is 0 Å². The van der Waals surface area contributed by atoms with Gasteiger partial charge in [-0.1, -0.05) is 26.2 Å². The van der Waals surface area contributed by atoms with Crippen molar-refractivity contribution in [2.75, 3.05) is 13.6 Å². The minimum absolute atomic E-state index is 0.142. The highest BCUT2D eigenvalue weighted by Gasteiger charge is 1.99. The molecule has 2 N–H and O–H groups in total. The zero-order valence-electron chi connectivity index (χ0n) is 7.06. The second-order valence-electron chi connectivity index (χ2n) is 2.71. The number of rotatable bonds is 6. The molecule has 0 aliphatic carbocycles. The third-order valence-electron chi connectivity index (χ3n) is 1.58. The summed E-state index contributed by atoms with van der Waals surface area (Å²) in [5.41, 5.74) is 0. The van der Waals surface area contributed by atoms with Crippen molar-refractivity contribution in [3.05, 3.63) is 0 Å². The molecule has 0 rings (SSSR count). The van der Waals surface area contributed by atoms with E-state index < -0.39 is 0 Å². The largest absolute Gasteiger partial charge is 0.392 e. The molecule has 0 saturated carbocycles. The highest BCUT2D eigenvalue weighted by molar-refractivity contribution is 4.56. The molecular weight excluding hydrogens is 126 g/mol. The third kappa shape index (κ3) is 6.05. The molecule has 0 radical (unpaired) electrons. The summed E-state index contributed by atoms with van der Waals surface area (Å²) >= 11 is 0. The van der Waals surface area contributed by atoms with Crippen LogP contribution in [0.2, 0.25) is 0 Å². The van der Waals surface area contributed by atoms with E-state index in [1.165, 1.54) is 12.8 Å². The summed E-state index contributed by atoms with van der Waals surface area (Å²) in [7, 11) is 1.86. The molecule has 2 nitrogen and oxygen atoms in total. The minimum Gasteiger partial charge on any atom is -0.392 e. The first kappa shape index (κ1) is 9.92. The van der Waals surface area contributed by atoms with Gasteiger partial charge >= 0.3 is 0 Å². The van der Waals surface area contributed by atoms with Crippen LogP contribution in [0.3, 0.4) is 0 Å². The van der Waals surface area contributed by atoms with Gasteiger partial charge in [-0.2, -0.15) is 0 Å². The smallest absolute Gasteiger partial charge is 0.0664 e. The van der Waals surface area contributed by atoms with Gasteiger partial charge in [0.2, 0.25) is 0 Å². The average Bonchev–Trinajstić information content (AvgIpc) is 1.89. The predicted molar refractivity (Wildman–Crippen MR) is 44.1 cm³/mol. The van der Waals surface area contributed by atoms with Crippen molar-refractivity contribution >= 4 is 0 Å². The maximum absolute atomic E-state index is 9.21. The summed E-state index contributed by atoms with van der Waals surface area (Å²) in [4.78, 5) is 0. The van der Waals surface area contributed by atoms with Gasteiger partial charge in [0.25, 0.3) is 0 Å². The van der Waals surface area contributed by atoms with Gasteiger partial charge in [0.1, 0.15) is 0 Å². The van der Waals surface area contributed by atoms with Gasteiger partial charge < -0.3 is 10.4 Å². The van der Waals surface area contributed by atoms with E-state index in [0.29, 0.717) is 0 Å². The monoisotopic (exact) mass is 145 g/mol. The fraction of sp³-hybridized carbons (Fsp3) is 1.00. The summed E-state index contributed by atoms with van der Waals surface area (Å²) in [6.45, 7) is 2.90. The van der Waals surface area contributed by atoms with Crippen molar-refractivity contribution < 1.29 is 5.11 Å². The lowest BCUT2D eigenvalue weighted by Crippen LogP contribution is -2.23. The van der Waals surface area contributed by atoms with Crippen molar-refractivity contribution in [3.63, 3.8) is 0 Å². The van der Waals surface area contributed by atoms with E-state index in [1.807, 2.05) is 7.05 Å². The van der Waals surface area contributed by atoms with Gasteiger partial charge in [0.15, 0.2) is 0 Å². The Morgan fingerprint density at radius 2 is 2.10 bits per heavy atom. The first-order valence-electron chi connectivity index (χ1n) is 4.14. The third-order valence-corrected chi connectivity index (χ3v) is 1.58. The highest BCUT2D eigenvalue weighted by atomic mass is 16.3. The highest BCUT2D eigenvalue weighted by Crippen LogP contribution is 2.01. The van der Waals surface area contributed by atoms with Gasteiger partial charge in [-0.05, 0) is 13.5 Å². The van der Waals surface area contributed by atoms with Crippen LogP contribution in [0.4, 0.5) is 0 Å². The summed E-state index contributed by atoms with van der Waals surface area (Å²) in [5, 5.41) is 12.2. The Kier molecular flexibility index (Phi) is 6.98. The van der Waals surface area contributed by atoms with Gasteiger partial charge in [-0.25, -0.2) is 0 Å². The lowest BCUT2D eigenvalue weighted by molar-refractivity contribution is 0.161. The molecular formula is C8H19NO. The van der Waals surface area contributed by atoms with Gasteiger partial charge in [-0.15, -0.1) is 0 Å². The first-order chi connectivity index (χ1) is 4.81. The van der Waals surface area contributed by atoms with Gasteiger partial charge in [0.05, 0.1) is 6.10 Å². The van der Waals surface area contributed by atoms with E-state index in [0.717, 1.165) is 19.4 Å². The van der Waals surface area contributed by atoms with E-state index >= 15 is 0 Å². The molecule has 0 aliphatic rings. The molecule has 0 aromatic rings. The Morgan fingerprint density at radius 3 is 2.60 bits per heavy atom. The van der Waals surface area contributed by atoms with E-state index in [4.69, 9.17) is 0 Å². The number of hydrogen-bond donors (Lipinski definition) is 2. The molecule has 10 heavy (non-hydrogen) atoms. The summed E-state index contributed by atoms with van der Waals surface area (Å²) in [6.07, 6.45) is 4.41. The molecule has 0 unspecified atom stereocenters. The predicted octanol–water partition coefficient (Wildman–Crippen LogP) is 1.15. The maximum atomic E-state index is 9.21. The van der Waals surface area contributed by atoms with Crippen LogP contribution in [-0.4, -0.2) is 24.8 Å². The molecule has 0 saturated heterocycles. The fourth-order valence-corrected chi connectivity index (χ4v) is 0.968. The van der Waals surface area contributed by atoms with Crippen molar-refractivity contribution in [1.82, 2.24) is 5.32 Å². The molecule has 0 aliphatic heterocycles. The van der Waals surface area contributed by atoms with Crippen LogP contribution < -0.4 is 5.32 Å². The first-order valence-corrected chi connectivity index (χ1v) is 4.14. The second-order valence-corrected chi connectivity index (χ2v) is 2.71. The van der Waals surface area contributed by atoms with Crippen LogP contribution in [0, 0.1) is 0 Å². The van der Waals surface area contributed by atoms with Crippen LogP contribution in [0.25, 0.3) is 0 Å². The Morgan fingerprint density at radius 1 is 1.40 bits per heavy atom. The summed E-state index contributed by atoms with van der Waals surface area (Å²) in [6, 6.07) is 0. The van der Waals surface area contributed by atoms with Crippen LogP contribution in [0.5, 0.6) is 0 Å². The molecule has 0 spiro atoms. The molecule has 0 bridgehead atoms.